The summed E-state index contributed by atoms with van der Waals surface area (Å²) in [6, 6.07) is 15.8. The summed E-state index contributed by atoms with van der Waals surface area (Å²) in [6.45, 7) is 2.28. The maximum Gasteiger partial charge on any atom is 0.338 e. The van der Waals surface area contributed by atoms with Crippen molar-refractivity contribution in [2.45, 2.75) is 58.3 Å². The molecule has 0 saturated carbocycles. The first-order valence-electron chi connectivity index (χ1n) is 14.5. The lowest BCUT2D eigenvalue weighted by Crippen LogP contribution is -2.08. The first-order valence-corrected chi connectivity index (χ1v) is 14.5. The molecule has 0 unspecified atom stereocenters. The van der Waals surface area contributed by atoms with Crippen LogP contribution in [0.2, 0.25) is 0 Å². The summed E-state index contributed by atoms with van der Waals surface area (Å²) in [4.78, 5) is 47.9. The molecule has 3 rings (SSSR count). The molecule has 0 spiro atoms. The van der Waals surface area contributed by atoms with Gasteiger partial charge in [0, 0.05) is 23.9 Å². The van der Waals surface area contributed by atoms with Crippen LogP contribution in [-0.2, 0) is 20.7 Å². The molecule has 0 amide bonds. The summed E-state index contributed by atoms with van der Waals surface area (Å²) in [6.07, 6.45) is 8.46. The quantitative estimate of drug-likeness (QED) is 0.0562. The Hall–Kier alpha value is -5.12. The molecule has 0 aromatic heterocycles. The molecule has 0 aliphatic rings. The van der Waals surface area contributed by atoms with Crippen LogP contribution in [0, 0.1) is 0 Å². The molecule has 5 N–H and O–H groups in total. The molecular formula is C34H38N2O8. The van der Waals surface area contributed by atoms with Crippen molar-refractivity contribution >= 4 is 41.3 Å². The molecule has 0 aliphatic heterocycles. The SMILES string of the molecule is CCCCCC(=O)Oc1ccc(OC(=O)/C=C/c2ccc(C(=O)OCCCCCc3c(N)cc(N)cc3C(=O)O)cc2)cc1. The summed E-state index contributed by atoms with van der Waals surface area (Å²) >= 11 is 0. The highest BCUT2D eigenvalue weighted by atomic mass is 16.5. The Morgan fingerprint density at radius 2 is 1.50 bits per heavy atom. The second-order valence-electron chi connectivity index (χ2n) is 10.2. The summed E-state index contributed by atoms with van der Waals surface area (Å²) in [7, 11) is 0. The van der Waals surface area contributed by atoms with Crippen LogP contribution in [0.25, 0.3) is 6.08 Å². The van der Waals surface area contributed by atoms with Crippen LogP contribution in [0.4, 0.5) is 11.4 Å². The molecule has 0 atom stereocenters. The maximum absolute atomic E-state index is 12.4. The van der Waals surface area contributed by atoms with E-state index in [1.165, 1.54) is 12.1 Å². The van der Waals surface area contributed by atoms with Crippen LogP contribution in [-0.4, -0.2) is 35.6 Å². The van der Waals surface area contributed by atoms with E-state index >= 15 is 0 Å². The largest absolute Gasteiger partial charge is 0.478 e. The smallest absolute Gasteiger partial charge is 0.338 e. The highest BCUT2D eigenvalue weighted by Crippen LogP contribution is 2.24. The van der Waals surface area contributed by atoms with Crippen molar-refractivity contribution < 1.29 is 38.5 Å². The summed E-state index contributed by atoms with van der Waals surface area (Å²) in [5, 5.41) is 9.40. The van der Waals surface area contributed by atoms with E-state index in [0.717, 1.165) is 19.3 Å². The lowest BCUT2D eigenvalue weighted by Gasteiger charge is -2.11. The summed E-state index contributed by atoms with van der Waals surface area (Å²) in [5.41, 5.74) is 14.0. The van der Waals surface area contributed by atoms with Gasteiger partial charge in [-0.05, 0) is 97.8 Å². The molecule has 3 aromatic rings. The number of rotatable bonds is 16. The highest BCUT2D eigenvalue weighted by molar-refractivity contribution is 5.93. The first kappa shape index (κ1) is 33.4. The number of anilines is 2. The van der Waals surface area contributed by atoms with E-state index in [1.807, 2.05) is 0 Å². The number of carbonyl (C=O) groups is 4. The van der Waals surface area contributed by atoms with Crippen LogP contribution < -0.4 is 20.9 Å². The fourth-order valence-corrected chi connectivity index (χ4v) is 4.34. The van der Waals surface area contributed by atoms with Gasteiger partial charge in [-0.15, -0.1) is 0 Å². The first-order chi connectivity index (χ1) is 21.2. The number of carboxylic acids is 1. The molecule has 0 saturated heterocycles. The van der Waals surface area contributed by atoms with Gasteiger partial charge in [0.2, 0.25) is 0 Å². The van der Waals surface area contributed by atoms with Gasteiger partial charge < -0.3 is 30.8 Å². The molecule has 0 radical (unpaired) electrons. The van der Waals surface area contributed by atoms with Crippen LogP contribution in [0.5, 0.6) is 11.5 Å². The normalized spacial score (nSPS) is 10.8. The van der Waals surface area contributed by atoms with Crippen molar-refractivity contribution in [1.29, 1.82) is 0 Å². The van der Waals surface area contributed by atoms with E-state index in [2.05, 4.69) is 6.92 Å². The molecule has 0 aliphatic carbocycles. The van der Waals surface area contributed by atoms with Crippen molar-refractivity contribution in [3.05, 3.63) is 89.0 Å². The third kappa shape index (κ3) is 10.9. The number of benzene rings is 3. The number of hydrogen-bond donors (Lipinski definition) is 3. The number of carbonyl (C=O) groups excluding carboxylic acids is 3. The van der Waals surface area contributed by atoms with E-state index in [9.17, 15) is 24.3 Å². The Balaban J connectivity index is 1.37. The molecule has 0 heterocycles. The zero-order valence-electron chi connectivity index (χ0n) is 24.8. The van der Waals surface area contributed by atoms with E-state index in [0.29, 0.717) is 71.7 Å². The average Bonchev–Trinajstić information content (AvgIpc) is 2.99. The van der Waals surface area contributed by atoms with Gasteiger partial charge >= 0.3 is 23.9 Å². The number of unbranched alkanes of at least 4 members (excludes halogenated alkanes) is 4. The minimum atomic E-state index is -1.07. The lowest BCUT2D eigenvalue weighted by molar-refractivity contribution is -0.134. The molecule has 3 aromatic carbocycles. The van der Waals surface area contributed by atoms with Crippen molar-refractivity contribution in [2.24, 2.45) is 0 Å². The number of carboxylic acid groups (broad SMARTS) is 1. The van der Waals surface area contributed by atoms with Crippen LogP contribution >= 0.6 is 0 Å². The number of nitrogen functional groups attached to an aromatic ring is 2. The van der Waals surface area contributed by atoms with E-state index in [4.69, 9.17) is 25.7 Å². The summed E-state index contributed by atoms with van der Waals surface area (Å²) < 4.78 is 15.9. The maximum atomic E-state index is 12.4. The monoisotopic (exact) mass is 602 g/mol. The third-order valence-corrected chi connectivity index (χ3v) is 6.66. The molecule has 0 bridgehead atoms. The van der Waals surface area contributed by atoms with Gasteiger partial charge in [0.05, 0.1) is 17.7 Å². The molecule has 10 heteroatoms. The number of nitrogens with two attached hydrogens (primary N) is 2. The molecule has 44 heavy (non-hydrogen) atoms. The van der Waals surface area contributed by atoms with Gasteiger partial charge in [0.1, 0.15) is 11.5 Å². The number of hydrogen-bond acceptors (Lipinski definition) is 9. The predicted molar refractivity (Wildman–Crippen MR) is 167 cm³/mol. The van der Waals surface area contributed by atoms with Crippen molar-refractivity contribution in [1.82, 2.24) is 0 Å². The molecule has 232 valence electrons. The minimum absolute atomic E-state index is 0.104. The Labute approximate surface area is 256 Å². The Kier molecular flexibility index (Phi) is 13.0. The predicted octanol–water partition coefficient (Wildman–Crippen LogP) is 6.22. The second-order valence-corrected chi connectivity index (χ2v) is 10.2. The van der Waals surface area contributed by atoms with Crippen molar-refractivity contribution in [3.8, 4) is 11.5 Å². The van der Waals surface area contributed by atoms with Gasteiger partial charge in [0.25, 0.3) is 0 Å². The standard InChI is InChI=1S/C34H38N2O8/c1-2-3-5-9-31(37)43-26-15-17-27(18-16-26)44-32(38)19-12-23-10-13-24(14-11-23)34(41)42-20-7-4-6-8-28-29(33(39)40)21-25(35)22-30(28)36/h10-19,21-22H,2-9,20,35-36H2,1H3,(H,39,40)/b19-12+. The number of aromatic carboxylic acids is 1. The van der Waals surface area contributed by atoms with Gasteiger partial charge in [-0.2, -0.15) is 0 Å². The van der Waals surface area contributed by atoms with Gasteiger partial charge in [0.15, 0.2) is 0 Å². The van der Waals surface area contributed by atoms with E-state index in [-0.39, 0.29) is 18.1 Å². The minimum Gasteiger partial charge on any atom is -0.478 e. The lowest BCUT2D eigenvalue weighted by atomic mass is 9.98. The Bertz CT molecular complexity index is 1460. The Morgan fingerprint density at radius 3 is 2.16 bits per heavy atom. The fourth-order valence-electron chi connectivity index (χ4n) is 4.34. The van der Waals surface area contributed by atoms with E-state index < -0.39 is 17.9 Å². The fraction of sp³-hybridized carbons (Fsp3) is 0.294. The average molecular weight is 603 g/mol. The molecular weight excluding hydrogens is 564 g/mol. The van der Waals surface area contributed by atoms with Crippen molar-refractivity contribution in [2.75, 3.05) is 18.1 Å². The zero-order valence-corrected chi connectivity index (χ0v) is 24.8. The topological polar surface area (TPSA) is 168 Å². The summed E-state index contributed by atoms with van der Waals surface area (Å²) in [5.74, 6) is -1.73. The number of esters is 3. The third-order valence-electron chi connectivity index (χ3n) is 6.66. The van der Waals surface area contributed by atoms with Gasteiger partial charge in [-0.3, -0.25) is 4.79 Å². The zero-order chi connectivity index (χ0) is 31.9. The molecule has 10 nitrogen and oxygen atoms in total. The van der Waals surface area contributed by atoms with Crippen LogP contribution in [0.1, 0.15) is 83.7 Å². The van der Waals surface area contributed by atoms with Crippen LogP contribution in [0.3, 0.4) is 0 Å². The Morgan fingerprint density at radius 1 is 0.818 bits per heavy atom. The second kappa shape index (κ2) is 17.1. The highest BCUT2D eigenvalue weighted by Gasteiger charge is 2.14. The van der Waals surface area contributed by atoms with Crippen molar-refractivity contribution in [3.63, 3.8) is 0 Å². The van der Waals surface area contributed by atoms with Gasteiger partial charge in [-0.25, -0.2) is 14.4 Å². The molecule has 0 fully saturated rings. The van der Waals surface area contributed by atoms with Gasteiger partial charge in [-0.1, -0.05) is 31.9 Å². The number of ether oxygens (including phenoxy) is 3. The van der Waals surface area contributed by atoms with E-state index in [1.54, 1.807) is 60.7 Å². The van der Waals surface area contributed by atoms with Crippen LogP contribution in [0.15, 0.2) is 66.7 Å².